The number of hydrogen-bond acceptors (Lipinski definition) is 2. The van der Waals surface area contributed by atoms with Crippen LogP contribution in [0.25, 0.3) is 0 Å². The van der Waals surface area contributed by atoms with Crippen LogP contribution in [0.4, 0.5) is 0 Å². The van der Waals surface area contributed by atoms with E-state index in [0.29, 0.717) is 0 Å². The zero-order valence-electron chi connectivity index (χ0n) is 5.33. The molecule has 0 saturated carbocycles. The molecule has 0 rings (SSSR count). The van der Waals surface area contributed by atoms with Crippen molar-refractivity contribution in [2.24, 2.45) is 0 Å². The van der Waals surface area contributed by atoms with Crippen molar-refractivity contribution >= 4 is 5.97 Å². The maximum Gasteiger partial charge on any atom is 0.306 e. The lowest BCUT2D eigenvalue weighted by Crippen LogP contribution is -2.12. The highest BCUT2D eigenvalue weighted by Crippen LogP contribution is 1.96. The van der Waals surface area contributed by atoms with E-state index in [2.05, 4.69) is 6.58 Å². The first-order valence-electron chi connectivity index (χ1n) is 2.58. The van der Waals surface area contributed by atoms with Gasteiger partial charge in [-0.15, -0.1) is 6.58 Å². The molecule has 0 spiro atoms. The highest BCUT2D eigenvalue weighted by atomic mass is 16.5. The van der Waals surface area contributed by atoms with Gasteiger partial charge in [-0.2, -0.15) is 0 Å². The van der Waals surface area contributed by atoms with E-state index in [9.17, 15) is 4.79 Å². The van der Waals surface area contributed by atoms with Crippen molar-refractivity contribution in [3.8, 4) is 0 Å². The molecule has 0 saturated heterocycles. The topological polar surface area (TPSA) is 46.5 Å². The fourth-order valence-corrected chi connectivity index (χ4v) is 0.435. The third kappa shape index (κ3) is 3.73. The minimum Gasteiger partial charge on any atom is -0.481 e. The quantitative estimate of drug-likeness (QED) is 0.569. The zero-order valence-corrected chi connectivity index (χ0v) is 5.33. The summed E-state index contributed by atoms with van der Waals surface area (Å²) < 4.78 is 4.71. The summed E-state index contributed by atoms with van der Waals surface area (Å²) in [5.74, 6) is -0.873. The Labute approximate surface area is 53.9 Å². The Balaban J connectivity index is 3.55. The molecule has 0 aliphatic rings. The van der Waals surface area contributed by atoms with Crippen LogP contribution >= 0.6 is 0 Å². The summed E-state index contributed by atoms with van der Waals surface area (Å²) in [5.41, 5.74) is 0. The van der Waals surface area contributed by atoms with Gasteiger partial charge in [0.2, 0.25) is 0 Å². The van der Waals surface area contributed by atoms with Crippen LogP contribution in [-0.4, -0.2) is 24.3 Å². The van der Waals surface area contributed by atoms with Gasteiger partial charge in [0.05, 0.1) is 12.5 Å². The van der Waals surface area contributed by atoms with E-state index in [1.807, 2.05) is 0 Å². The lowest BCUT2D eigenvalue weighted by Gasteiger charge is -2.04. The van der Waals surface area contributed by atoms with Gasteiger partial charge in [-0.25, -0.2) is 0 Å². The van der Waals surface area contributed by atoms with Crippen molar-refractivity contribution < 1.29 is 14.6 Å². The first-order valence-corrected chi connectivity index (χ1v) is 2.58. The van der Waals surface area contributed by atoms with Gasteiger partial charge in [0, 0.05) is 7.11 Å². The van der Waals surface area contributed by atoms with E-state index in [0.717, 1.165) is 0 Å². The highest BCUT2D eigenvalue weighted by Gasteiger charge is 2.05. The fraction of sp³-hybridized carbons (Fsp3) is 0.500. The van der Waals surface area contributed by atoms with Crippen molar-refractivity contribution in [1.82, 2.24) is 0 Å². The molecule has 3 nitrogen and oxygen atoms in total. The van der Waals surface area contributed by atoms with Crippen LogP contribution in [-0.2, 0) is 9.53 Å². The number of carboxylic acids is 1. The van der Waals surface area contributed by atoms with E-state index in [-0.39, 0.29) is 12.5 Å². The summed E-state index contributed by atoms with van der Waals surface area (Å²) in [5, 5.41) is 8.22. The molecule has 9 heavy (non-hydrogen) atoms. The molecule has 3 heteroatoms. The van der Waals surface area contributed by atoms with Crippen LogP contribution in [0.3, 0.4) is 0 Å². The maximum absolute atomic E-state index is 10.00. The third-order valence-corrected chi connectivity index (χ3v) is 0.941. The van der Waals surface area contributed by atoms with Crippen molar-refractivity contribution in [3.05, 3.63) is 12.7 Å². The first kappa shape index (κ1) is 8.17. The van der Waals surface area contributed by atoms with Crippen LogP contribution in [0.1, 0.15) is 6.42 Å². The average molecular weight is 130 g/mol. The van der Waals surface area contributed by atoms with Gasteiger partial charge in [-0.3, -0.25) is 4.79 Å². The molecule has 0 aromatic carbocycles. The molecule has 1 atom stereocenters. The fourth-order valence-electron chi connectivity index (χ4n) is 0.435. The SMILES string of the molecule is C=CC(CC(=O)O)OC. The smallest absolute Gasteiger partial charge is 0.306 e. The number of carbonyl (C=O) groups is 1. The van der Waals surface area contributed by atoms with E-state index in [1.165, 1.54) is 13.2 Å². The largest absolute Gasteiger partial charge is 0.481 e. The van der Waals surface area contributed by atoms with Gasteiger partial charge in [0.1, 0.15) is 0 Å². The van der Waals surface area contributed by atoms with E-state index < -0.39 is 5.97 Å². The van der Waals surface area contributed by atoms with Gasteiger partial charge >= 0.3 is 5.97 Å². The van der Waals surface area contributed by atoms with Gasteiger partial charge in [0.15, 0.2) is 0 Å². The molecule has 0 fully saturated rings. The number of rotatable bonds is 4. The Bertz CT molecular complexity index is 109. The van der Waals surface area contributed by atoms with Gasteiger partial charge in [-0.1, -0.05) is 6.08 Å². The molecule has 0 radical (unpaired) electrons. The highest BCUT2D eigenvalue weighted by molar-refractivity contribution is 5.67. The van der Waals surface area contributed by atoms with Crippen molar-refractivity contribution in [3.63, 3.8) is 0 Å². The van der Waals surface area contributed by atoms with Crippen LogP contribution in [0.5, 0.6) is 0 Å². The Hall–Kier alpha value is -0.830. The van der Waals surface area contributed by atoms with Crippen LogP contribution < -0.4 is 0 Å². The second-order valence-electron chi connectivity index (χ2n) is 1.61. The molecule has 1 unspecified atom stereocenters. The molecular formula is C6H10O3. The molecule has 0 heterocycles. The second kappa shape index (κ2) is 4.09. The first-order chi connectivity index (χ1) is 4.20. The number of methoxy groups -OCH3 is 1. The Morgan fingerprint density at radius 3 is 2.67 bits per heavy atom. The molecule has 52 valence electrons. The van der Waals surface area contributed by atoms with Gasteiger partial charge in [0.25, 0.3) is 0 Å². The number of carboxylic acid groups (broad SMARTS) is 1. The zero-order chi connectivity index (χ0) is 7.28. The van der Waals surface area contributed by atoms with E-state index in [1.54, 1.807) is 0 Å². The molecule has 0 aliphatic carbocycles. The minimum absolute atomic E-state index is 0.0139. The summed E-state index contributed by atoms with van der Waals surface area (Å²) >= 11 is 0. The molecule has 0 amide bonds. The molecule has 0 bridgehead atoms. The van der Waals surface area contributed by atoms with Crippen molar-refractivity contribution in [2.45, 2.75) is 12.5 Å². The minimum atomic E-state index is -0.873. The lowest BCUT2D eigenvalue weighted by atomic mass is 10.2. The summed E-state index contributed by atoms with van der Waals surface area (Å²) in [7, 11) is 1.45. The average Bonchev–Trinajstić information content (AvgIpc) is 1.82. The third-order valence-electron chi connectivity index (χ3n) is 0.941. The molecule has 0 aromatic rings. The Morgan fingerprint density at radius 2 is 2.56 bits per heavy atom. The standard InChI is InChI=1S/C6H10O3/c1-3-5(9-2)4-6(7)8/h3,5H,1,4H2,2H3,(H,7,8). The van der Waals surface area contributed by atoms with Crippen molar-refractivity contribution in [1.29, 1.82) is 0 Å². The van der Waals surface area contributed by atoms with Gasteiger partial charge in [-0.05, 0) is 0 Å². The van der Waals surface area contributed by atoms with Crippen LogP contribution in [0, 0.1) is 0 Å². The Kier molecular flexibility index (Phi) is 3.71. The lowest BCUT2D eigenvalue weighted by molar-refractivity contribution is -0.138. The monoisotopic (exact) mass is 130 g/mol. The van der Waals surface area contributed by atoms with Crippen molar-refractivity contribution in [2.75, 3.05) is 7.11 Å². The van der Waals surface area contributed by atoms with Crippen LogP contribution in [0.15, 0.2) is 12.7 Å². The number of aliphatic carboxylic acids is 1. The molecule has 1 N–H and O–H groups in total. The predicted molar refractivity (Wildman–Crippen MR) is 33.2 cm³/mol. The van der Waals surface area contributed by atoms with Crippen LogP contribution in [0.2, 0.25) is 0 Å². The summed E-state index contributed by atoms with van der Waals surface area (Å²) in [6, 6.07) is 0. The normalized spacial score (nSPS) is 12.6. The molecular weight excluding hydrogens is 120 g/mol. The maximum atomic E-state index is 10.00. The van der Waals surface area contributed by atoms with E-state index >= 15 is 0 Å². The van der Waals surface area contributed by atoms with Gasteiger partial charge < -0.3 is 9.84 Å². The van der Waals surface area contributed by atoms with E-state index in [4.69, 9.17) is 9.84 Å². The Morgan fingerprint density at radius 1 is 2.00 bits per heavy atom. The number of hydrogen-bond donors (Lipinski definition) is 1. The summed E-state index contributed by atoms with van der Waals surface area (Å²) in [6.45, 7) is 3.40. The number of ether oxygens (including phenoxy) is 1. The second-order valence-corrected chi connectivity index (χ2v) is 1.61. The summed E-state index contributed by atoms with van der Waals surface area (Å²) in [6.07, 6.45) is 1.09. The predicted octanol–water partition coefficient (Wildman–Crippen LogP) is 0.662. The summed E-state index contributed by atoms with van der Waals surface area (Å²) in [4.78, 5) is 10.00. The molecule has 0 aliphatic heterocycles. The molecule has 0 aromatic heterocycles.